The van der Waals surface area contributed by atoms with Crippen molar-refractivity contribution in [1.29, 1.82) is 0 Å². The molecule has 2 rings (SSSR count). The normalized spacial score (nSPS) is 19.3. The highest BCUT2D eigenvalue weighted by Gasteiger charge is 2.22. The summed E-state index contributed by atoms with van der Waals surface area (Å²) >= 11 is 2.48. The first-order valence-corrected chi connectivity index (χ1v) is 6.77. The Balaban J connectivity index is 2.19. The monoisotopic (exact) mass is 319 g/mol. The van der Waals surface area contributed by atoms with Crippen LogP contribution in [-0.2, 0) is 13.0 Å². The Kier molecular flexibility index (Phi) is 3.35. The molecule has 0 radical (unpaired) electrons. The summed E-state index contributed by atoms with van der Waals surface area (Å²) in [6.07, 6.45) is 3.31. The highest BCUT2D eigenvalue weighted by Crippen LogP contribution is 2.22. The third kappa shape index (κ3) is 2.36. The lowest BCUT2D eigenvalue weighted by atomic mass is 10.1. The number of hydrogen-bond acceptors (Lipinski definition) is 2. The summed E-state index contributed by atoms with van der Waals surface area (Å²) in [5.74, 6) is 0. The number of fused-ring (bicyclic) bond motifs is 1. The summed E-state index contributed by atoms with van der Waals surface area (Å²) in [5, 5.41) is 4.63. The van der Waals surface area contributed by atoms with Gasteiger partial charge in [0.05, 0.1) is 9.74 Å². The van der Waals surface area contributed by atoms with Gasteiger partial charge in [-0.2, -0.15) is 5.10 Å². The maximum Gasteiger partial charge on any atom is 0.0682 e. The molecule has 1 atom stereocenters. The molecule has 1 aromatic rings. The third-order valence-corrected chi connectivity index (χ3v) is 3.72. The second-order valence-corrected chi connectivity index (χ2v) is 6.27. The zero-order valence-electron chi connectivity index (χ0n) is 9.57. The Labute approximate surface area is 105 Å². The zero-order chi connectivity index (χ0) is 11.0. The molecule has 0 saturated heterocycles. The van der Waals surface area contributed by atoms with E-state index in [1.54, 1.807) is 0 Å². The second-order valence-electron chi connectivity index (χ2n) is 4.47. The first kappa shape index (κ1) is 11.4. The topological polar surface area (TPSA) is 21.1 Å². The quantitative estimate of drug-likeness (QED) is 0.475. The Morgan fingerprint density at radius 2 is 2.13 bits per heavy atom. The summed E-state index contributed by atoms with van der Waals surface area (Å²) in [5.41, 5.74) is 2.72. The van der Waals surface area contributed by atoms with Crippen molar-refractivity contribution >= 4 is 22.6 Å². The third-order valence-electron chi connectivity index (χ3n) is 2.94. The lowest BCUT2D eigenvalue weighted by Crippen LogP contribution is -2.33. The van der Waals surface area contributed by atoms with Crippen LogP contribution in [0.5, 0.6) is 0 Å². The van der Waals surface area contributed by atoms with E-state index in [4.69, 9.17) is 0 Å². The molecule has 15 heavy (non-hydrogen) atoms. The van der Waals surface area contributed by atoms with Crippen molar-refractivity contribution in [3.8, 4) is 0 Å². The van der Waals surface area contributed by atoms with E-state index in [0.717, 1.165) is 19.5 Å². The molecule has 3 nitrogen and oxygen atoms in total. The first-order valence-electron chi connectivity index (χ1n) is 5.53. The van der Waals surface area contributed by atoms with E-state index in [-0.39, 0.29) is 0 Å². The molecule has 1 unspecified atom stereocenters. The predicted octanol–water partition coefficient (Wildman–Crippen LogP) is 2.60. The summed E-state index contributed by atoms with van der Waals surface area (Å²) in [7, 11) is 0. The van der Waals surface area contributed by atoms with Gasteiger partial charge in [0.1, 0.15) is 0 Å². The molecule has 1 aliphatic heterocycles. The van der Waals surface area contributed by atoms with Crippen LogP contribution in [0, 0.1) is 0 Å². The highest BCUT2D eigenvalue weighted by atomic mass is 127. The maximum absolute atomic E-state index is 4.63. The molecule has 84 valence electrons. The zero-order valence-corrected chi connectivity index (χ0v) is 11.7. The van der Waals surface area contributed by atoms with Gasteiger partial charge in [-0.05, 0) is 20.8 Å². The van der Waals surface area contributed by atoms with Crippen LogP contribution < -0.4 is 0 Å². The fourth-order valence-electron chi connectivity index (χ4n) is 1.92. The average Bonchev–Trinajstić information content (AvgIpc) is 2.59. The Hall–Kier alpha value is -0.100. The molecular weight excluding hydrogens is 301 g/mol. The maximum atomic E-state index is 4.63. The van der Waals surface area contributed by atoms with Gasteiger partial charge in [-0.15, -0.1) is 0 Å². The van der Waals surface area contributed by atoms with Crippen molar-refractivity contribution in [2.75, 3.05) is 6.54 Å². The van der Waals surface area contributed by atoms with Gasteiger partial charge in [-0.3, -0.25) is 9.58 Å². The van der Waals surface area contributed by atoms with Gasteiger partial charge in [0.25, 0.3) is 0 Å². The van der Waals surface area contributed by atoms with E-state index in [1.807, 2.05) is 0 Å². The molecule has 4 heteroatoms. The standard InChI is InChI=1S/C11H18IN3/c1-8(2)15-7-10-6-14(9(3)12)5-4-11(10)13-15/h7-9H,4-6H2,1-3H3. The van der Waals surface area contributed by atoms with Crippen molar-refractivity contribution in [3.63, 3.8) is 0 Å². The van der Waals surface area contributed by atoms with Gasteiger partial charge >= 0.3 is 0 Å². The van der Waals surface area contributed by atoms with Crippen LogP contribution >= 0.6 is 22.6 Å². The number of hydrogen-bond donors (Lipinski definition) is 0. The van der Waals surface area contributed by atoms with Crippen molar-refractivity contribution in [3.05, 3.63) is 17.5 Å². The second kappa shape index (κ2) is 4.41. The molecule has 0 spiro atoms. The van der Waals surface area contributed by atoms with Crippen molar-refractivity contribution < 1.29 is 0 Å². The molecule has 0 N–H and O–H groups in total. The number of halogens is 1. The molecule has 1 aliphatic rings. The molecule has 0 bridgehead atoms. The summed E-state index contributed by atoms with van der Waals surface area (Å²) < 4.78 is 2.70. The van der Waals surface area contributed by atoms with Gasteiger partial charge in [0.15, 0.2) is 0 Å². The highest BCUT2D eigenvalue weighted by molar-refractivity contribution is 14.1. The van der Waals surface area contributed by atoms with Gasteiger partial charge < -0.3 is 0 Å². The Bertz CT molecular complexity index is 344. The molecule has 0 saturated carbocycles. The van der Waals surface area contributed by atoms with Gasteiger partial charge in [0, 0.05) is 37.3 Å². The molecule has 1 aromatic heterocycles. The van der Waals surface area contributed by atoms with Crippen molar-refractivity contribution in [2.45, 2.75) is 43.8 Å². The average molecular weight is 319 g/mol. The SMILES string of the molecule is CC(I)N1CCc2nn(C(C)C)cc2C1. The van der Waals surface area contributed by atoms with E-state index in [9.17, 15) is 0 Å². The van der Waals surface area contributed by atoms with Gasteiger partial charge in [-0.1, -0.05) is 22.6 Å². The van der Waals surface area contributed by atoms with Crippen LogP contribution in [0.3, 0.4) is 0 Å². The summed E-state index contributed by atoms with van der Waals surface area (Å²) in [4.78, 5) is 2.50. The van der Waals surface area contributed by atoms with E-state index in [0.29, 0.717) is 10.1 Å². The number of aromatic nitrogens is 2. The molecule has 2 heterocycles. The molecular formula is C11H18IN3. The van der Waals surface area contributed by atoms with Crippen LogP contribution in [0.4, 0.5) is 0 Å². The van der Waals surface area contributed by atoms with E-state index in [2.05, 4.69) is 64.2 Å². The summed E-state index contributed by atoms with van der Waals surface area (Å²) in [6, 6.07) is 0.473. The Morgan fingerprint density at radius 3 is 2.73 bits per heavy atom. The van der Waals surface area contributed by atoms with E-state index < -0.39 is 0 Å². The van der Waals surface area contributed by atoms with Crippen LogP contribution in [-0.4, -0.2) is 25.3 Å². The van der Waals surface area contributed by atoms with Crippen LogP contribution in [0.15, 0.2) is 6.20 Å². The predicted molar refractivity (Wildman–Crippen MR) is 70.2 cm³/mol. The van der Waals surface area contributed by atoms with Crippen LogP contribution in [0.25, 0.3) is 0 Å². The largest absolute Gasteiger partial charge is 0.287 e. The van der Waals surface area contributed by atoms with Gasteiger partial charge in [-0.25, -0.2) is 0 Å². The number of nitrogens with zero attached hydrogens (tertiary/aromatic N) is 3. The van der Waals surface area contributed by atoms with E-state index >= 15 is 0 Å². The molecule has 0 aromatic carbocycles. The molecule has 0 fully saturated rings. The summed E-state index contributed by atoms with van der Waals surface area (Å²) in [6.45, 7) is 8.81. The van der Waals surface area contributed by atoms with Gasteiger partial charge in [0.2, 0.25) is 0 Å². The lowest BCUT2D eigenvalue weighted by Gasteiger charge is -2.28. The number of alkyl halides is 1. The Morgan fingerprint density at radius 1 is 1.40 bits per heavy atom. The number of rotatable bonds is 2. The smallest absolute Gasteiger partial charge is 0.0682 e. The van der Waals surface area contributed by atoms with Crippen LogP contribution in [0.1, 0.15) is 38.1 Å². The van der Waals surface area contributed by atoms with Crippen LogP contribution in [0.2, 0.25) is 0 Å². The fourth-order valence-corrected chi connectivity index (χ4v) is 2.40. The van der Waals surface area contributed by atoms with Crippen molar-refractivity contribution in [1.82, 2.24) is 14.7 Å². The minimum atomic E-state index is 0.473. The lowest BCUT2D eigenvalue weighted by molar-refractivity contribution is 0.256. The fraction of sp³-hybridized carbons (Fsp3) is 0.727. The molecule has 0 amide bonds. The van der Waals surface area contributed by atoms with E-state index in [1.165, 1.54) is 11.3 Å². The minimum absolute atomic E-state index is 0.473. The first-order chi connectivity index (χ1) is 7.08. The minimum Gasteiger partial charge on any atom is -0.287 e. The molecule has 0 aliphatic carbocycles. The van der Waals surface area contributed by atoms with Crippen molar-refractivity contribution in [2.24, 2.45) is 0 Å².